The zero-order chi connectivity index (χ0) is 6.57. The SMILES string of the molecule is CC/C(N)=C(\C)NN. The lowest BCUT2D eigenvalue weighted by Crippen LogP contribution is -2.22. The average Bonchev–Trinajstić information content (AvgIpc) is 1.84. The van der Waals surface area contributed by atoms with Gasteiger partial charge >= 0.3 is 0 Å². The molecule has 0 unspecified atom stereocenters. The molecule has 0 bridgehead atoms. The molecule has 0 saturated carbocycles. The number of nitrogens with two attached hydrogens (primary N) is 2. The maximum Gasteiger partial charge on any atom is 0.0415 e. The number of rotatable bonds is 2. The van der Waals surface area contributed by atoms with Crippen molar-refractivity contribution in [2.75, 3.05) is 0 Å². The lowest BCUT2D eigenvalue weighted by molar-refractivity contribution is 0.840. The van der Waals surface area contributed by atoms with Crippen LogP contribution in [0.15, 0.2) is 11.4 Å². The van der Waals surface area contributed by atoms with Crippen molar-refractivity contribution in [1.29, 1.82) is 0 Å². The summed E-state index contributed by atoms with van der Waals surface area (Å²) in [6, 6.07) is 0. The van der Waals surface area contributed by atoms with Crippen molar-refractivity contribution in [2.24, 2.45) is 11.6 Å². The second kappa shape index (κ2) is 3.32. The van der Waals surface area contributed by atoms with Crippen molar-refractivity contribution in [3.63, 3.8) is 0 Å². The Morgan fingerprint density at radius 3 is 2.25 bits per heavy atom. The molecule has 0 saturated heterocycles. The monoisotopic (exact) mass is 115 g/mol. The van der Waals surface area contributed by atoms with Crippen LogP contribution in [-0.4, -0.2) is 0 Å². The van der Waals surface area contributed by atoms with Crippen LogP contribution in [0.3, 0.4) is 0 Å². The highest BCUT2D eigenvalue weighted by Crippen LogP contribution is 1.94. The normalized spacial score (nSPS) is 12.9. The van der Waals surface area contributed by atoms with Crippen molar-refractivity contribution in [3.8, 4) is 0 Å². The Morgan fingerprint density at radius 2 is 2.12 bits per heavy atom. The van der Waals surface area contributed by atoms with Gasteiger partial charge in [-0.3, -0.25) is 5.84 Å². The van der Waals surface area contributed by atoms with E-state index in [1.54, 1.807) is 0 Å². The van der Waals surface area contributed by atoms with Crippen LogP contribution in [-0.2, 0) is 0 Å². The summed E-state index contributed by atoms with van der Waals surface area (Å²) >= 11 is 0. The lowest BCUT2D eigenvalue weighted by Gasteiger charge is -2.01. The molecule has 0 aromatic heterocycles. The van der Waals surface area contributed by atoms with Gasteiger partial charge in [-0.2, -0.15) is 0 Å². The molecule has 0 atom stereocenters. The third kappa shape index (κ3) is 1.84. The largest absolute Gasteiger partial charge is 0.401 e. The zero-order valence-corrected chi connectivity index (χ0v) is 5.36. The summed E-state index contributed by atoms with van der Waals surface area (Å²) in [5, 5.41) is 0. The van der Waals surface area contributed by atoms with Crippen LogP contribution in [0.25, 0.3) is 0 Å². The number of hydrazine groups is 1. The molecule has 0 aliphatic carbocycles. The Morgan fingerprint density at radius 1 is 1.62 bits per heavy atom. The topological polar surface area (TPSA) is 64.1 Å². The second-order valence-corrected chi connectivity index (χ2v) is 1.65. The number of nitrogens with one attached hydrogen (secondary N) is 1. The maximum absolute atomic E-state index is 5.46. The molecule has 0 aromatic rings. The fourth-order valence-electron chi connectivity index (χ4n) is 0.358. The fourth-order valence-corrected chi connectivity index (χ4v) is 0.358. The van der Waals surface area contributed by atoms with Crippen LogP contribution in [0.4, 0.5) is 0 Å². The number of hydrogen-bond donors (Lipinski definition) is 3. The molecule has 48 valence electrons. The first-order valence-electron chi connectivity index (χ1n) is 2.64. The third-order valence-corrected chi connectivity index (χ3v) is 1.08. The molecule has 8 heavy (non-hydrogen) atoms. The Labute approximate surface area is 49.7 Å². The Bertz CT molecular complexity index is 83.8. The van der Waals surface area contributed by atoms with Gasteiger partial charge in [0.2, 0.25) is 0 Å². The third-order valence-electron chi connectivity index (χ3n) is 1.08. The molecule has 5 N–H and O–H groups in total. The smallest absolute Gasteiger partial charge is 0.0415 e. The van der Waals surface area contributed by atoms with Crippen LogP contribution in [0.5, 0.6) is 0 Å². The van der Waals surface area contributed by atoms with Gasteiger partial charge in [0.1, 0.15) is 0 Å². The fraction of sp³-hybridized carbons (Fsp3) is 0.600. The molecule has 0 aliphatic heterocycles. The molecular formula is C5H13N3. The van der Waals surface area contributed by atoms with Crippen molar-refractivity contribution < 1.29 is 0 Å². The van der Waals surface area contributed by atoms with Gasteiger partial charge in [0.25, 0.3) is 0 Å². The van der Waals surface area contributed by atoms with Crippen LogP contribution in [0.1, 0.15) is 20.3 Å². The molecule has 0 fully saturated rings. The van der Waals surface area contributed by atoms with E-state index < -0.39 is 0 Å². The van der Waals surface area contributed by atoms with Crippen LogP contribution in [0.2, 0.25) is 0 Å². The first kappa shape index (κ1) is 7.30. The Kier molecular flexibility index (Phi) is 3.03. The first-order chi connectivity index (χ1) is 3.72. The van der Waals surface area contributed by atoms with E-state index in [9.17, 15) is 0 Å². The molecule has 3 heteroatoms. The minimum atomic E-state index is 0.813. The lowest BCUT2D eigenvalue weighted by atomic mass is 10.3. The number of hydrogen-bond acceptors (Lipinski definition) is 3. The minimum Gasteiger partial charge on any atom is -0.401 e. The zero-order valence-electron chi connectivity index (χ0n) is 5.36. The molecule has 0 amide bonds. The van der Waals surface area contributed by atoms with E-state index in [-0.39, 0.29) is 0 Å². The van der Waals surface area contributed by atoms with Crippen molar-refractivity contribution in [3.05, 3.63) is 11.4 Å². The van der Waals surface area contributed by atoms with E-state index in [4.69, 9.17) is 11.6 Å². The highest BCUT2D eigenvalue weighted by Gasteiger charge is 1.88. The highest BCUT2D eigenvalue weighted by atomic mass is 15.2. The highest BCUT2D eigenvalue weighted by molar-refractivity contribution is 5.04. The molecule has 0 spiro atoms. The first-order valence-corrected chi connectivity index (χ1v) is 2.64. The Hall–Kier alpha value is -0.700. The predicted octanol–water partition coefficient (Wildman–Crippen LogP) is 0.0499. The van der Waals surface area contributed by atoms with Crippen molar-refractivity contribution in [1.82, 2.24) is 5.43 Å². The summed E-state index contributed by atoms with van der Waals surface area (Å²) in [5.41, 5.74) is 9.60. The predicted molar refractivity (Wildman–Crippen MR) is 34.5 cm³/mol. The second-order valence-electron chi connectivity index (χ2n) is 1.65. The van der Waals surface area contributed by atoms with E-state index in [1.165, 1.54) is 0 Å². The molecular weight excluding hydrogens is 102 g/mol. The van der Waals surface area contributed by atoms with Crippen molar-refractivity contribution in [2.45, 2.75) is 20.3 Å². The van der Waals surface area contributed by atoms with E-state index >= 15 is 0 Å². The van der Waals surface area contributed by atoms with E-state index in [0.717, 1.165) is 17.8 Å². The summed E-state index contributed by atoms with van der Waals surface area (Å²) in [6.07, 6.45) is 0.843. The molecule has 0 rings (SSSR count). The van der Waals surface area contributed by atoms with Crippen LogP contribution < -0.4 is 17.0 Å². The quantitative estimate of drug-likeness (QED) is 0.352. The molecule has 3 nitrogen and oxygen atoms in total. The summed E-state index contributed by atoms with van der Waals surface area (Å²) in [7, 11) is 0. The minimum absolute atomic E-state index is 0.813. The Balaban J connectivity index is 3.83. The van der Waals surface area contributed by atoms with Crippen LogP contribution in [0, 0.1) is 0 Å². The van der Waals surface area contributed by atoms with Gasteiger partial charge in [0.15, 0.2) is 0 Å². The summed E-state index contributed by atoms with van der Waals surface area (Å²) in [4.78, 5) is 0. The van der Waals surface area contributed by atoms with Gasteiger partial charge in [0, 0.05) is 11.4 Å². The van der Waals surface area contributed by atoms with Crippen LogP contribution >= 0.6 is 0 Å². The van der Waals surface area contributed by atoms with Gasteiger partial charge in [-0.1, -0.05) is 6.92 Å². The average molecular weight is 115 g/mol. The standard InChI is InChI=1S/C5H13N3/c1-3-5(6)4(2)8-7/h8H,3,6-7H2,1-2H3/b5-4-. The van der Waals surface area contributed by atoms with E-state index in [2.05, 4.69) is 5.43 Å². The van der Waals surface area contributed by atoms with Gasteiger partial charge in [-0.15, -0.1) is 0 Å². The van der Waals surface area contributed by atoms with Gasteiger partial charge < -0.3 is 11.2 Å². The molecule has 0 aliphatic rings. The van der Waals surface area contributed by atoms with Gasteiger partial charge in [-0.25, -0.2) is 0 Å². The van der Waals surface area contributed by atoms with Gasteiger partial charge in [0.05, 0.1) is 0 Å². The summed E-state index contributed by atoms with van der Waals surface area (Å²) < 4.78 is 0. The summed E-state index contributed by atoms with van der Waals surface area (Å²) in [6.45, 7) is 3.83. The van der Waals surface area contributed by atoms with E-state index in [0.29, 0.717) is 0 Å². The molecule has 0 radical (unpaired) electrons. The van der Waals surface area contributed by atoms with E-state index in [1.807, 2.05) is 13.8 Å². The van der Waals surface area contributed by atoms with Crippen molar-refractivity contribution >= 4 is 0 Å². The summed E-state index contributed by atoms with van der Waals surface area (Å²) in [5.74, 6) is 5.06. The molecule has 0 aromatic carbocycles. The number of allylic oxidation sites excluding steroid dienone is 2. The van der Waals surface area contributed by atoms with Gasteiger partial charge in [-0.05, 0) is 13.3 Å². The molecule has 0 heterocycles. The maximum atomic E-state index is 5.46.